The molecule has 186 valence electrons. The lowest BCUT2D eigenvalue weighted by molar-refractivity contribution is -0.208. The molecule has 4 fully saturated rings. The number of alkyl halides is 3. The summed E-state index contributed by atoms with van der Waals surface area (Å²) in [5.74, 6) is 1.61. The van der Waals surface area contributed by atoms with Crippen molar-refractivity contribution in [3.8, 4) is 0 Å². The van der Waals surface area contributed by atoms with Crippen LogP contribution in [-0.2, 0) is 9.53 Å². The third-order valence-corrected chi connectivity index (χ3v) is 10.6. The minimum absolute atomic E-state index is 0.0330. The van der Waals surface area contributed by atoms with Crippen LogP contribution in [0.2, 0.25) is 0 Å². The number of Topliss-reactive ketones (excluding diaryl/α,β-unsaturated/α-hetero) is 1. The van der Waals surface area contributed by atoms with Crippen molar-refractivity contribution in [1.82, 2.24) is 0 Å². The summed E-state index contributed by atoms with van der Waals surface area (Å²) >= 11 is 0. The third kappa shape index (κ3) is 4.29. The second-order valence-electron chi connectivity index (χ2n) is 11.6. The molecule has 2 nitrogen and oxygen atoms in total. The number of carbonyl (C=O) groups is 1. The van der Waals surface area contributed by atoms with Crippen LogP contribution in [-0.4, -0.2) is 25.7 Å². The molecule has 0 spiro atoms. The molecular formula is C27H45F3O2. The molecule has 4 aliphatic carbocycles. The molecule has 4 saturated carbocycles. The lowest BCUT2D eigenvalue weighted by Crippen LogP contribution is -2.54. The van der Waals surface area contributed by atoms with Gasteiger partial charge < -0.3 is 4.74 Å². The van der Waals surface area contributed by atoms with Gasteiger partial charge in [0.1, 0.15) is 6.61 Å². The van der Waals surface area contributed by atoms with E-state index in [0.717, 1.165) is 38.5 Å². The average Bonchev–Trinajstić information content (AvgIpc) is 3.10. The van der Waals surface area contributed by atoms with Gasteiger partial charge in [-0.25, -0.2) is 0 Å². The van der Waals surface area contributed by atoms with Crippen LogP contribution in [0.3, 0.4) is 0 Å². The van der Waals surface area contributed by atoms with Gasteiger partial charge in [0.25, 0.3) is 0 Å². The third-order valence-electron chi connectivity index (χ3n) is 10.6. The first-order chi connectivity index (χ1) is 15.0. The Labute approximate surface area is 193 Å². The number of ketones is 1. The van der Waals surface area contributed by atoms with Gasteiger partial charge in [0.2, 0.25) is 0 Å². The van der Waals surface area contributed by atoms with Crippen molar-refractivity contribution in [2.24, 2.45) is 52.3 Å². The summed E-state index contributed by atoms with van der Waals surface area (Å²) < 4.78 is 45.3. The quantitative estimate of drug-likeness (QED) is 0.431. The van der Waals surface area contributed by atoms with Gasteiger partial charge in [-0.3, -0.25) is 4.79 Å². The van der Waals surface area contributed by atoms with Crippen molar-refractivity contribution in [2.45, 2.75) is 98.6 Å². The lowest BCUT2D eigenvalue weighted by Gasteiger charge is -2.61. The molecule has 0 heterocycles. The maximum atomic E-state index is 13.4. The van der Waals surface area contributed by atoms with Crippen LogP contribution in [0.15, 0.2) is 0 Å². The second kappa shape index (κ2) is 9.58. The highest BCUT2D eigenvalue weighted by atomic mass is 19.4. The number of methoxy groups -OCH3 is 1. The first-order valence-electron chi connectivity index (χ1n) is 13.1. The maximum absolute atomic E-state index is 13.4. The Kier molecular flexibility index (Phi) is 7.79. The summed E-state index contributed by atoms with van der Waals surface area (Å²) in [4.78, 5) is 12.6. The number of ether oxygens (including phenoxy) is 1. The van der Waals surface area contributed by atoms with E-state index in [1.54, 1.807) is 7.11 Å². The summed E-state index contributed by atoms with van der Waals surface area (Å²) in [5.41, 5.74) is 0.262. The molecule has 9 atom stereocenters. The van der Waals surface area contributed by atoms with Crippen LogP contribution in [0.25, 0.3) is 0 Å². The molecule has 0 aliphatic heterocycles. The van der Waals surface area contributed by atoms with Gasteiger partial charge in [-0.05, 0) is 98.2 Å². The predicted molar refractivity (Wildman–Crippen MR) is 122 cm³/mol. The van der Waals surface area contributed by atoms with Gasteiger partial charge in [-0.15, -0.1) is 0 Å². The zero-order valence-electron chi connectivity index (χ0n) is 21.1. The molecule has 0 saturated heterocycles. The zero-order chi connectivity index (χ0) is 23.9. The van der Waals surface area contributed by atoms with E-state index in [2.05, 4.69) is 20.8 Å². The Morgan fingerprint density at radius 2 is 1.59 bits per heavy atom. The summed E-state index contributed by atoms with van der Waals surface area (Å²) in [7, 11) is 1.58. The maximum Gasteiger partial charge on any atom is 0.391 e. The Balaban J connectivity index is 0.00000141. The van der Waals surface area contributed by atoms with Crippen molar-refractivity contribution >= 4 is 5.78 Å². The van der Waals surface area contributed by atoms with Gasteiger partial charge in [0, 0.05) is 13.0 Å². The Bertz CT molecular complexity index is 662. The SMILES string of the molecule is CC.COCC(=O)[C@H](C)C1CCC2[C@@H]3CC[C@@H]4C[C@@H](C(F)(F)F)CC[C@]4(C)C3CC[C@@]21C. The van der Waals surface area contributed by atoms with Gasteiger partial charge in [-0.2, -0.15) is 13.2 Å². The monoisotopic (exact) mass is 458 g/mol. The molecule has 0 N–H and O–H groups in total. The van der Waals surface area contributed by atoms with Gasteiger partial charge in [0.15, 0.2) is 5.78 Å². The van der Waals surface area contributed by atoms with Crippen molar-refractivity contribution in [1.29, 1.82) is 0 Å². The fraction of sp³-hybridized carbons (Fsp3) is 0.963. The Morgan fingerprint density at radius 3 is 2.22 bits per heavy atom. The van der Waals surface area contributed by atoms with Crippen LogP contribution in [0.4, 0.5) is 13.2 Å². The van der Waals surface area contributed by atoms with Crippen molar-refractivity contribution in [3.63, 3.8) is 0 Å². The van der Waals surface area contributed by atoms with E-state index in [1.807, 2.05) is 13.8 Å². The van der Waals surface area contributed by atoms with Gasteiger partial charge in [0.05, 0.1) is 5.92 Å². The van der Waals surface area contributed by atoms with Crippen LogP contribution in [0, 0.1) is 52.3 Å². The van der Waals surface area contributed by atoms with E-state index in [0.29, 0.717) is 36.5 Å². The van der Waals surface area contributed by atoms with E-state index >= 15 is 0 Å². The number of carbonyl (C=O) groups excluding carboxylic acids is 1. The fourth-order valence-electron chi connectivity index (χ4n) is 8.92. The summed E-state index contributed by atoms with van der Waals surface area (Å²) in [6.07, 6.45) is 3.94. The highest BCUT2D eigenvalue weighted by Gasteiger charge is 2.62. The summed E-state index contributed by atoms with van der Waals surface area (Å²) in [6.45, 7) is 11.0. The van der Waals surface area contributed by atoms with E-state index in [4.69, 9.17) is 4.74 Å². The highest BCUT2D eigenvalue weighted by molar-refractivity contribution is 5.82. The molecule has 4 rings (SSSR count). The summed E-state index contributed by atoms with van der Waals surface area (Å²) in [5, 5.41) is 0. The molecule has 0 aromatic carbocycles. The fourth-order valence-corrected chi connectivity index (χ4v) is 8.92. The number of hydrogen-bond acceptors (Lipinski definition) is 2. The van der Waals surface area contributed by atoms with E-state index in [9.17, 15) is 18.0 Å². The molecule has 0 radical (unpaired) electrons. The first kappa shape index (κ1) is 26.0. The number of rotatable bonds is 4. The normalized spacial score (nSPS) is 44.4. The Hall–Kier alpha value is -0.580. The molecule has 3 unspecified atom stereocenters. The molecule has 0 bridgehead atoms. The number of halogens is 3. The molecule has 5 heteroatoms. The van der Waals surface area contributed by atoms with Gasteiger partial charge >= 0.3 is 6.18 Å². The number of fused-ring (bicyclic) bond motifs is 5. The van der Waals surface area contributed by atoms with Crippen LogP contribution in [0.5, 0.6) is 0 Å². The minimum Gasteiger partial charge on any atom is -0.377 e. The molecule has 0 aromatic heterocycles. The second-order valence-corrected chi connectivity index (χ2v) is 11.6. The van der Waals surface area contributed by atoms with E-state index < -0.39 is 12.1 Å². The molecular weight excluding hydrogens is 413 g/mol. The van der Waals surface area contributed by atoms with Crippen molar-refractivity contribution < 1.29 is 22.7 Å². The predicted octanol–water partition coefficient (Wildman–Crippen LogP) is 7.70. The Morgan fingerprint density at radius 1 is 0.969 bits per heavy atom. The van der Waals surface area contributed by atoms with Crippen molar-refractivity contribution in [3.05, 3.63) is 0 Å². The molecule has 0 aromatic rings. The van der Waals surface area contributed by atoms with Gasteiger partial charge in [-0.1, -0.05) is 34.6 Å². The molecule has 32 heavy (non-hydrogen) atoms. The van der Waals surface area contributed by atoms with Crippen LogP contribution in [0.1, 0.15) is 92.4 Å². The topological polar surface area (TPSA) is 26.3 Å². The average molecular weight is 459 g/mol. The largest absolute Gasteiger partial charge is 0.391 e. The van der Waals surface area contributed by atoms with Crippen LogP contribution < -0.4 is 0 Å². The first-order valence-corrected chi connectivity index (χ1v) is 13.1. The van der Waals surface area contributed by atoms with Crippen molar-refractivity contribution in [2.75, 3.05) is 13.7 Å². The van der Waals surface area contributed by atoms with E-state index in [-0.39, 0.29) is 35.1 Å². The van der Waals surface area contributed by atoms with Crippen LogP contribution >= 0.6 is 0 Å². The highest BCUT2D eigenvalue weighted by Crippen LogP contribution is 2.69. The zero-order valence-corrected chi connectivity index (χ0v) is 21.1. The minimum atomic E-state index is -4.03. The van der Waals surface area contributed by atoms with E-state index in [1.165, 1.54) is 6.42 Å². The standard InChI is InChI=1S/C25H39F3O2.C2H6/c1-15(22(29)14-30-4)19-7-8-20-18-6-5-16-13-17(25(26,27)28)9-11-23(16,2)21(18)10-12-24(19,20)3;1-2/h15-21H,5-14H2,1-4H3;1-2H3/t15-,16-,17+,18+,19?,20?,21?,23+,24-;/m1./s1. The summed E-state index contributed by atoms with van der Waals surface area (Å²) in [6, 6.07) is 0. The number of hydrogen-bond donors (Lipinski definition) is 0. The molecule has 4 aliphatic rings. The molecule has 0 amide bonds. The smallest absolute Gasteiger partial charge is 0.377 e. The lowest BCUT2D eigenvalue weighted by atomic mass is 9.44.